The topological polar surface area (TPSA) is 49.8 Å². The Labute approximate surface area is 120 Å². The third-order valence-electron chi connectivity index (χ3n) is 3.18. The molecule has 102 valence electrons. The smallest absolute Gasteiger partial charge is 0.338 e. The Kier molecular flexibility index (Phi) is 4.61. The summed E-state index contributed by atoms with van der Waals surface area (Å²) in [5.74, 6) is -0.908. The molecule has 1 heterocycles. The van der Waals surface area contributed by atoms with E-state index in [2.05, 4.69) is 26.9 Å². The van der Waals surface area contributed by atoms with Crippen LogP contribution in [0.4, 0.5) is 5.69 Å². The minimum Gasteiger partial charge on any atom is -0.478 e. The van der Waals surface area contributed by atoms with Crippen LogP contribution >= 0.6 is 15.9 Å². The zero-order valence-corrected chi connectivity index (χ0v) is 12.3. The Hall–Kier alpha value is -1.33. The fraction of sp³-hybridized carbons (Fsp3) is 0.357. The molecule has 1 aromatic carbocycles. The summed E-state index contributed by atoms with van der Waals surface area (Å²) in [6.07, 6.45) is 3.01. The molecule has 0 saturated heterocycles. The van der Waals surface area contributed by atoms with Gasteiger partial charge in [0.25, 0.3) is 0 Å². The van der Waals surface area contributed by atoms with Crippen molar-refractivity contribution in [1.82, 2.24) is 0 Å². The number of carboxylic acids is 1. The molecule has 0 aromatic heterocycles. The van der Waals surface area contributed by atoms with Crippen molar-refractivity contribution in [3.05, 3.63) is 39.9 Å². The van der Waals surface area contributed by atoms with Gasteiger partial charge in [-0.15, -0.1) is 0 Å². The summed E-state index contributed by atoms with van der Waals surface area (Å²) >= 11 is 3.31. The second-order valence-corrected chi connectivity index (χ2v) is 5.28. The average molecular weight is 326 g/mol. The van der Waals surface area contributed by atoms with Crippen LogP contribution in [0.3, 0.4) is 0 Å². The fourth-order valence-corrected chi connectivity index (χ4v) is 2.76. The summed E-state index contributed by atoms with van der Waals surface area (Å²) in [6.45, 7) is 2.18. The minimum atomic E-state index is -0.908. The van der Waals surface area contributed by atoms with E-state index in [-0.39, 0.29) is 0 Å². The van der Waals surface area contributed by atoms with Crippen LogP contribution in [-0.2, 0) is 4.74 Å². The Morgan fingerprint density at radius 2 is 2.32 bits per heavy atom. The van der Waals surface area contributed by atoms with Gasteiger partial charge in [0, 0.05) is 24.7 Å². The molecule has 5 heteroatoms. The largest absolute Gasteiger partial charge is 0.478 e. The molecule has 1 aromatic rings. The lowest BCUT2D eigenvalue weighted by molar-refractivity contribution is 0.0696. The maximum atomic E-state index is 11.4. The number of rotatable bonds is 4. The van der Waals surface area contributed by atoms with Gasteiger partial charge in [0.15, 0.2) is 0 Å². The first-order valence-electron chi connectivity index (χ1n) is 6.07. The van der Waals surface area contributed by atoms with E-state index in [1.165, 1.54) is 5.57 Å². The Bertz CT molecular complexity index is 513. The van der Waals surface area contributed by atoms with Gasteiger partial charge in [-0.1, -0.05) is 12.1 Å². The van der Waals surface area contributed by atoms with Crippen LogP contribution in [0, 0.1) is 0 Å². The van der Waals surface area contributed by atoms with Gasteiger partial charge >= 0.3 is 5.97 Å². The van der Waals surface area contributed by atoms with Crippen molar-refractivity contribution in [3.8, 4) is 0 Å². The molecule has 1 aliphatic heterocycles. The lowest BCUT2D eigenvalue weighted by Gasteiger charge is -2.29. The van der Waals surface area contributed by atoms with Crippen LogP contribution in [0.2, 0.25) is 0 Å². The molecule has 2 rings (SSSR count). The Balaban J connectivity index is 2.25. The van der Waals surface area contributed by atoms with E-state index in [4.69, 9.17) is 4.74 Å². The highest BCUT2D eigenvalue weighted by Gasteiger charge is 2.20. The second kappa shape index (κ2) is 6.21. The van der Waals surface area contributed by atoms with E-state index in [1.807, 2.05) is 12.1 Å². The number of ether oxygens (including phenoxy) is 1. The number of carboxylic acid groups (broad SMARTS) is 1. The normalized spacial score (nSPS) is 15.3. The molecule has 0 fully saturated rings. The van der Waals surface area contributed by atoms with Crippen molar-refractivity contribution in [2.24, 2.45) is 0 Å². The molecule has 0 bridgehead atoms. The molecule has 0 unspecified atom stereocenters. The zero-order chi connectivity index (χ0) is 13.8. The Morgan fingerprint density at radius 3 is 2.89 bits per heavy atom. The highest BCUT2D eigenvalue weighted by molar-refractivity contribution is 9.10. The van der Waals surface area contributed by atoms with Crippen LogP contribution in [0.25, 0.3) is 0 Å². The van der Waals surface area contributed by atoms with Crippen molar-refractivity contribution in [2.45, 2.75) is 6.42 Å². The summed E-state index contributed by atoms with van der Waals surface area (Å²) in [5, 5.41) is 9.32. The van der Waals surface area contributed by atoms with Crippen molar-refractivity contribution in [1.29, 1.82) is 0 Å². The van der Waals surface area contributed by atoms with Gasteiger partial charge in [0.1, 0.15) is 0 Å². The monoisotopic (exact) mass is 325 g/mol. The molecule has 0 saturated carbocycles. The molecule has 19 heavy (non-hydrogen) atoms. The van der Waals surface area contributed by atoms with Crippen molar-refractivity contribution < 1.29 is 14.6 Å². The van der Waals surface area contributed by atoms with Crippen LogP contribution in [-0.4, -0.2) is 37.9 Å². The summed E-state index contributed by atoms with van der Waals surface area (Å²) in [6, 6.07) is 5.46. The first kappa shape index (κ1) is 14.1. The van der Waals surface area contributed by atoms with Crippen molar-refractivity contribution in [2.75, 3.05) is 31.7 Å². The van der Waals surface area contributed by atoms with Gasteiger partial charge in [0.05, 0.1) is 17.9 Å². The molecule has 0 amide bonds. The van der Waals surface area contributed by atoms with Gasteiger partial charge < -0.3 is 14.7 Å². The van der Waals surface area contributed by atoms with Crippen molar-refractivity contribution in [3.63, 3.8) is 0 Å². The van der Waals surface area contributed by atoms with Crippen LogP contribution < -0.4 is 4.90 Å². The summed E-state index contributed by atoms with van der Waals surface area (Å²) in [4.78, 5) is 13.4. The summed E-state index contributed by atoms with van der Waals surface area (Å²) in [5.41, 5.74) is 2.35. The fourth-order valence-electron chi connectivity index (χ4n) is 2.23. The molecule has 1 N–H and O–H groups in total. The summed E-state index contributed by atoms with van der Waals surface area (Å²) < 4.78 is 5.73. The first-order chi connectivity index (χ1) is 9.13. The number of anilines is 1. The SMILES string of the molecule is COCC1=CCN(c2cccc(Br)c2C(=O)O)CC1. The number of nitrogens with zero attached hydrogens (tertiary/aromatic N) is 1. The predicted molar refractivity (Wildman–Crippen MR) is 77.9 cm³/mol. The molecule has 0 spiro atoms. The molecular weight excluding hydrogens is 310 g/mol. The van der Waals surface area contributed by atoms with E-state index in [1.54, 1.807) is 13.2 Å². The third kappa shape index (κ3) is 3.16. The van der Waals surface area contributed by atoms with Gasteiger partial charge in [-0.3, -0.25) is 0 Å². The van der Waals surface area contributed by atoms with Crippen LogP contribution in [0.5, 0.6) is 0 Å². The van der Waals surface area contributed by atoms with E-state index >= 15 is 0 Å². The minimum absolute atomic E-state index is 0.325. The highest BCUT2D eigenvalue weighted by Crippen LogP contribution is 2.29. The van der Waals surface area contributed by atoms with Crippen LogP contribution in [0.1, 0.15) is 16.8 Å². The van der Waals surface area contributed by atoms with Gasteiger partial charge in [-0.25, -0.2) is 4.79 Å². The molecule has 0 atom stereocenters. The third-order valence-corrected chi connectivity index (χ3v) is 3.84. The zero-order valence-electron chi connectivity index (χ0n) is 10.7. The average Bonchev–Trinajstić information content (AvgIpc) is 2.39. The van der Waals surface area contributed by atoms with E-state index in [9.17, 15) is 9.90 Å². The second-order valence-electron chi connectivity index (χ2n) is 4.43. The number of aromatic carboxylic acids is 1. The predicted octanol–water partition coefficient (Wildman–Crippen LogP) is 2.93. The highest BCUT2D eigenvalue weighted by atomic mass is 79.9. The first-order valence-corrected chi connectivity index (χ1v) is 6.86. The van der Waals surface area contributed by atoms with Crippen LogP contribution in [0.15, 0.2) is 34.3 Å². The standard InChI is InChI=1S/C14H16BrNO3/c1-19-9-10-5-7-16(8-6-10)12-4-2-3-11(15)13(12)14(17)18/h2-5H,6-9H2,1H3,(H,17,18). The maximum absolute atomic E-state index is 11.4. The number of benzene rings is 1. The van der Waals surface area contributed by atoms with Gasteiger partial charge in [-0.2, -0.15) is 0 Å². The summed E-state index contributed by atoms with van der Waals surface area (Å²) in [7, 11) is 1.68. The Morgan fingerprint density at radius 1 is 1.53 bits per heavy atom. The lowest BCUT2D eigenvalue weighted by Crippen LogP contribution is -2.30. The van der Waals surface area contributed by atoms with Gasteiger partial charge in [0.2, 0.25) is 0 Å². The van der Waals surface area contributed by atoms with Crippen molar-refractivity contribution >= 4 is 27.6 Å². The maximum Gasteiger partial charge on any atom is 0.338 e. The number of hydrogen-bond donors (Lipinski definition) is 1. The number of hydrogen-bond acceptors (Lipinski definition) is 3. The van der Waals surface area contributed by atoms with Gasteiger partial charge in [-0.05, 0) is 40.1 Å². The number of halogens is 1. The van der Waals surface area contributed by atoms with E-state index < -0.39 is 5.97 Å². The molecular formula is C14H16BrNO3. The number of methoxy groups -OCH3 is 1. The van der Waals surface area contributed by atoms with E-state index in [0.717, 1.165) is 25.2 Å². The quantitative estimate of drug-likeness (QED) is 0.865. The van der Waals surface area contributed by atoms with E-state index in [0.29, 0.717) is 16.6 Å². The molecule has 1 aliphatic rings. The molecule has 0 radical (unpaired) electrons. The molecule has 4 nitrogen and oxygen atoms in total. The number of carbonyl (C=O) groups is 1. The molecule has 0 aliphatic carbocycles. The lowest BCUT2D eigenvalue weighted by atomic mass is 10.1.